The summed E-state index contributed by atoms with van der Waals surface area (Å²) >= 11 is 0. The Morgan fingerprint density at radius 2 is 1.76 bits per heavy atom. The second kappa shape index (κ2) is 9.05. The maximum atomic E-state index is 12.7. The molecule has 1 aromatic heterocycles. The lowest BCUT2D eigenvalue weighted by Crippen LogP contribution is -2.42. The molecule has 2 rings (SSSR count). The third-order valence-electron chi connectivity index (χ3n) is 3.75. The maximum absolute atomic E-state index is 12.7. The number of nitrogens with one attached hydrogen (secondary N) is 1. The van der Waals surface area contributed by atoms with E-state index in [-0.39, 0.29) is 17.9 Å². The number of carbonyl (C=O) groups is 1. The number of rotatable bonds is 9. The molecule has 0 bridgehead atoms. The van der Waals surface area contributed by atoms with Crippen LogP contribution in [0.1, 0.15) is 38.1 Å². The quantitative estimate of drug-likeness (QED) is 0.755. The maximum Gasteiger partial charge on any atom is 0.251 e. The summed E-state index contributed by atoms with van der Waals surface area (Å²) in [5, 5.41) is 11.3. The van der Waals surface area contributed by atoms with Crippen LogP contribution in [0.4, 0.5) is 0 Å². The highest BCUT2D eigenvalue weighted by molar-refractivity contribution is 5.95. The van der Waals surface area contributed by atoms with Crippen molar-refractivity contribution in [2.24, 2.45) is 5.92 Å². The van der Waals surface area contributed by atoms with E-state index in [0.717, 1.165) is 0 Å². The van der Waals surface area contributed by atoms with Crippen LogP contribution in [-0.2, 0) is 6.54 Å². The van der Waals surface area contributed by atoms with Crippen molar-refractivity contribution in [1.29, 1.82) is 0 Å². The average molecular weight is 346 g/mol. The van der Waals surface area contributed by atoms with Crippen LogP contribution in [0.15, 0.2) is 30.6 Å². The van der Waals surface area contributed by atoms with Crippen molar-refractivity contribution in [3.63, 3.8) is 0 Å². The number of amides is 1. The van der Waals surface area contributed by atoms with Crippen molar-refractivity contribution >= 4 is 5.91 Å². The summed E-state index contributed by atoms with van der Waals surface area (Å²) in [5.74, 6) is 1.30. The Labute approximate surface area is 148 Å². The highest BCUT2D eigenvalue weighted by Crippen LogP contribution is 2.28. The standard InChI is InChI=1S/C18H26N4O3/c1-5-24-16-8-7-14(11-17(16)25-6-2)18(23)21-15(13(3)4)12-22-19-9-10-20-22/h7-11,13,15H,5-6,12H2,1-4H3,(H,21,23)/t15-/m0/s1. The van der Waals surface area contributed by atoms with E-state index in [1.165, 1.54) is 0 Å². The average Bonchev–Trinajstić information content (AvgIpc) is 3.09. The summed E-state index contributed by atoms with van der Waals surface area (Å²) in [6, 6.07) is 5.14. The van der Waals surface area contributed by atoms with E-state index in [1.54, 1.807) is 35.4 Å². The molecule has 136 valence electrons. The van der Waals surface area contributed by atoms with Gasteiger partial charge in [-0.15, -0.1) is 0 Å². The van der Waals surface area contributed by atoms with E-state index < -0.39 is 0 Å². The molecule has 7 heteroatoms. The Morgan fingerprint density at radius 3 is 2.36 bits per heavy atom. The first-order valence-corrected chi connectivity index (χ1v) is 8.59. The molecule has 1 aromatic carbocycles. The molecular formula is C18H26N4O3. The molecule has 0 spiro atoms. The summed E-state index contributed by atoms with van der Waals surface area (Å²) in [4.78, 5) is 14.2. The van der Waals surface area contributed by atoms with Gasteiger partial charge in [0.25, 0.3) is 5.91 Å². The Morgan fingerprint density at radius 1 is 1.12 bits per heavy atom. The highest BCUT2D eigenvalue weighted by Gasteiger charge is 2.19. The van der Waals surface area contributed by atoms with Crippen molar-refractivity contribution in [3.05, 3.63) is 36.2 Å². The van der Waals surface area contributed by atoms with Gasteiger partial charge in [-0.25, -0.2) is 0 Å². The fourth-order valence-electron chi connectivity index (χ4n) is 2.38. The van der Waals surface area contributed by atoms with Crippen LogP contribution in [0.5, 0.6) is 11.5 Å². The van der Waals surface area contributed by atoms with Crippen molar-refractivity contribution in [3.8, 4) is 11.5 Å². The molecule has 2 aromatic rings. The summed E-state index contributed by atoms with van der Waals surface area (Å²) in [6.07, 6.45) is 3.25. The number of carbonyl (C=O) groups excluding carboxylic acids is 1. The van der Waals surface area contributed by atoms with Gasteiger partial charge in [0.2, 0.25) is 0 Å². The first kappa shape index (κ1) is 18.8. The predicted octanol–water partition coefficient (Wildman–Crippen LogP) is 2.53. The topological polar surface area (TPSA) is 78.3 Å². The minimum Gasteiger partial charge on any atom is -0.490 e. The van der Waals surface area contributed by atoms with E-state index in [2.05, 4.69) is 29.4 Å². The molecule has 1 heterocycles. The normalized spacial score (nSPS) is 12.0. The van der Waals surface area contributed by atoms with Crippen molar-refractivity contribution in [2.45, 2.75) is 40.3 Å². The minimum atomic E-state index is -0.158. The Kier molecular flexibility index (Phi) is 6.80. The molecule has 0 saturated heterocycles. The van der Waals surface area contributed by atoms with Gasteiger partial charge in [-0.1, -0.05) is 13.8 Å². The van der Waals surface area contributed by atoms with E-state index in [0.29, 0.717) is 36.8 Å². The smallest absolute Gasteiger partial charge is 0.251 e. The highest BCUT2D eigenvalue weighted by atomic mass is 16.5. The number of nitrogens with zero attached hydrogens (tertiary/aromatic N) is 3. The third-order valence-corrected chi connectivity index (χ3v) is 3.75. The van der Waals surface area contributed by atoms with Crippen LogP contribution in [0, 0.1) is 5.92 Å². The van der Waals surface area contributed by atoms with Crippen LogP contribution in [0.25, 0.3) is 0 Å². The fourth-order valence-corrected chi connectivity index (χ4v) is 2.38. The molecule has 25 heavy (non-hydrogen) atoms. The van der Waals surface area contributed by atoms with Gasteiger partial charge in [0.1, 0.15) is 0 Å². The first-order valence-electron chi connectivity index (χ1n) is 8.59. The molecule has 0 fully saturated rings. The van der Waals surface area contributed by atoms with E-state index in [9.17, 15) is 4.79 Å². The molecule has 1 N–H and O–H groups in total. The van der Waals surface area contributed by atoms with Crippen LogP contribution >= 0.6 is 0 Å². The number of hydrogen-bond acceptors (Lipinski definition) is 5. The van der Waals surface area contributed by atoms with Crippen LogP contribution in [0.3, 0.4) is 0 Å². The predicted molar refractivity (Wildman–Crippen MR) is 94.9 cm³/mol. The molecular weight excluding hydrogens is 320 g/mol. The zero-order valence-corrected chi connectivity index (χ0v) is 15.2. The van der Waals surface area contributed by atoms with Gasteiger partial charge in [-0.05, 0) is 38.0 Å². The molecule has 0 aliphatic rings. The summed E-state index contributed by atoms with van der Waals surface area (Å²) in [6.45, 7) is 9.48. The van der Waals surface area contributed by atoms with Crippen molar-refractivity contribution in [2.75, 3.05) is 13.2 Å². The van der Waals surface area contributed by atoms with E-state index in [4.69, 9.17) is 9.47 Å². The van der Waals surface area contributed by atoms with Gasteiger partial charge in [0, 0.05) is 5.56 Å². The van der Waals surface area contributed by atoms with Crippen LogP contribution in [-0.4, -0.2) is 40.2 Å². The molecule has 0 aliphatic heterocycles. The lowest BCUT2D eigenvalue weighted by atomic mass is 10.0. The Bertz CT molecular complexity index is 671. The second-order valence-corrected chi connectivity index (χ2v) is 5.94. The van der Waals surface area contributed by atoms with Crippen LogP contribution in [0.2, 0.25) is 0 Å². The second-order valence-electron chi connectivity index (χ2n) is 5.94. The summed E-state index contributed by atoms with van der Waals surface area (Å²) in [7, 11) is 0. The molecule has 7 nitrogen and oxygen atoms in total. The number of aromatic nitrogens is 3. The third kappa shape index (κ3) is 5.20. The summed E-state index contributed by atoms with van der Waals surface area (Å²) < 4.78 is 11.1. The van der Waals surface area contributed by atoms with Gasteiger partial charge in [-0.3, -0.25) is 4.79 Å². The van der Waals surface area contributed by atoms with Crippen LogP contribution < -0.4 is 14.8 Å². The molecule has 0 radical (unpaired) electrons. The van der Waals surface area contributed by atoms with Gasteiger partial charge in [-0.2, -0.15) is 15.0 Å². The molecule has 0 aliphatic carbocycles. The monoisotopic (exact) mass is 346 g/mol. The molecule has 1 atom stereocenters. The van der Waals surface area contributed by atoms with Gasteiger partial charge in [0.05, 0.1) is 38.2 Å². The SMILES string of the molecule is CCOc1ccc(C(=O)N[C@@H](Cn2nccn2)C(C)C)cc1OCC. The molecule has 0 saturated carbocycles. The lowest BCUT2D eigenvalue weighted by Gasteiger charge is -2.22. The Hall–Kier alpha value is -2.57. The zero-order valence-electron chi connectivity index (χ0n) is 15.2. The van der Waals surface area contributed by atoms with E-state index >= 15 is 0 Å². The lowest BCUT2D eigenvalue weighted by molar-refractivity contribution is 0.0917. The minimum absolute atomic E-state index is 0.0815. The first-order chi connectivity index (χ1) is 12.0. The van der Waals surface area contributed by atoms with Crippen molar-refractivity contribution in [1.82, 2.24) is 20.3 Å². The van der Waals surface area contributed by atoms with Crippen molar-refractivity contribution < 1.29 is 14.3 Å². The Balaban J connectivity index is 2.13. The van der Waals surface area contributed by atoms with Gasteiger partial charge in [0.15, 0.2) is 11.5 Å². The number of ether oxygens (including phenoxy) is 2. The van der Waals surface area contributed by atoms with Gasteiger partial charge < -0.3 is 14.8 Å². The zero-order chi connectivity index (χ0) is 18.2. The summed E-state index contributed by atoms with van der Waals surface area (Å²) in [5.41, 5.74) is 0.533. The van der Waals surface area contributed by atoms with Gasteiger partial charge >= 0.3 is 0 Å². The number of hydrogen-bond donors (Lipinski definition) is 1. The number of benzene rings is 1. The largest absolute Gasteiger partial charge is 0.490 e. The molecule has 1 amide bonds. The van der Waals surface area contributed by atoms with E-state index in [1.807, 2.05) is 13.8 Å². The fraction of sp³-hybridized carbons (Fsp3) is 0.500. The molecule has 0 unspecified atom stereocenters.